The van der Waals surface area contributed by atoms with Crippen LogP contribution in [0.2, 0.25) is 0 Å². The first-order chi connectivity index (χ1) is 5.06. The molecule has 0 bridgehead atoms. The van der Waals surface area contributed by atoms with Crippen molar-refractivity contribution < 1.29 is 0 Å². The standard InChI is InChI=1S/C9H18N2/c1-6-9(10-7(2)3)11-8(4)5/h6-8H,1H2,2-5H3,(H,10,11). The molecule has 0 unspecified atom stereocenters. The summed E-state index contributed by atoms with van der Waals surface area (Å²) in [4.78, 5) is 4.32. The molecular formula is C9H18N2. The second-order valence-corrected chi connectivity index (χ2v) is 3.11. The number of aliphatic imine (C=N–C) groups is 1. The summed E-state index contributed by atoms with van der Waals surface area (Å²) in [7, 11) is 0. The molecule has 0 saturated carbocycles. The molecule has 0 aliphatic carbocycles. The molecule has 0 spiro atoms. The van der Waals surface area contributed by atoms with Crippen molar-refractivity contribution in [3.05, 3.63) is 12.7 Å². The molecule has 64 valence electrons. The van der Waals surface area contributed by atoms with Gasteiger partial charge in [0.2, 0.25) is 0 Å². The van der Waals surface area contributed by atoms with Crippen molar-refractivity contribution in [3.8, 4) is 0 Å². The molecule has 0 heterocycles. The van der Waals surface area contributed by atoms with Gasteiger partial charge >= 0.3 is 0 Å². The molecule has 0 aliphatic rings. The highest BCUT2D eigenvalue weighted by molar-refractivity contribution is 5.92. The molecule has 1 N–H and O–H groups in total. The van der Waals surface area contributed by atoms with Crippen molar-refractivity contribution in [1.82, 2.24) is 5.32 Å². The maximum absolute atomic E-state index is 4.32. The number of amidine groups is 1. The van der Waals surface area contributed by atoms with Gasteiger partial charge in [-0.3, -0.25) is 4.99 Å². The van der Waals surface area contributed by atoms with Crippen molar-refractivity contribution in [2.24, 2.45) is 4.99 Å². The van der Waals surface area contributed by atoms with E-state index in [1.807, 2.05) is 13.8 Å². The number of hydrogen-bond donors (Lipinski definition) is 1. The highest BCUT2D eigenvalue weighted by Crippen LogP contribution is 1.89. The van der Waals surface area contributed by atoms with Gasteiger partial charge in [-0.2, -0.15) is 0 Å². The van der Waals surface area contributed by atoms with Gasteiger partial charge in [0.05, 0.1) is 0 Å². The molecule has 0 aromatic heterocycles. The zero-order valence-electron chi connectivity index (χ0n) is 7.89. The van der Waals surface area contributed by atoms with E-state index < -0.39 is 0 Å². The Morgan fingerprint density at radius 1 is 1.36 bits per heavy atom. The van der Waals surface area contributed by atoms with Gasteiger partial charge in [0, 0.05) is 12.1 Å². The van der Waals surface area contributed by atoms with Gasteiger partial charge in [-0.1, -0.05) is 6.58 Å². The van der Waals surface area contributed by atoms with Gasteiger partial charge in [-0.25, -0.2) is 0 Å². The molecule has 0 rings (SSSR count). The van der Waals surface area contributed by atoms with Gasteiger partial charge in [0.25, 0.3) is 0 Å². The van der Waals surface area contributed by atoms with E-state index in [-0.39, 0.29) is 0 Å². The Kier molecular flexibility index (Phi) is 4.59. The summed E-state index contributed by atoms with van der Waals surface area (Å²) in [6.07, 6.45) is 1.75. The lowest BCUT2D eigenvalue weighted by Gasteiger charge is -2.10. The van der Waals surface area contributed by atoms with Gasteiger partial charge in [-0.05, 0) is 33.8 Å². The van der Waals surface area contributed by atoms with Crippen LogP contribution >= 0.6 is 0 Å². The fourth-order valence-electron chi connectivity index (χ4n) is 0.723. The number of rotatable bonds is 3. The minimum Gasteiger partial charge on any atom is -0.368 e. The number of nitrogens with one attached hydrogen (secondary N) is 1. The smallest absolute Gasteiger partial charge is 0.120 e. The van der Waals surface area contributed by atoms with Crippen LogP contribution in [0, 0.1) is 0 Å². The lowest BCUT2D eigenvalue weighted by molar-refractivity contribution is 0.721. The lowest BCUT2D eigenvalue weighted by Crippen LogP contribution is -2.29. The summed E-state index contributed by atoms with van der Waals surface area (Å²) in [5, 5.41) is 3.19. The number of nitrogens with zero attached hydrogens (tertiary/aromatic N) is 1. The molecule has 0 amide bonds. The summed E-state index contributed by atoms with van der Waals surface area (Å²) >= 11 is 0. The molecule has 0 fully saturated rings. The first-order valence-corrected chi connectivity index (χ1v) is 4.03. The average Bonchev–Trinajstić information content (AvgIpc) is 1.84. The maximum atomic E-state index is 4.32. The molecule has 0 aromatic rings. The van der Waals surface area contributed by atoms with Gasteiger partial charge in [0.15, 0.2) is 0 Å². The quantitative estimate of drug-likeness (QED) is 0.488. The van der Waals surface area contributed by atoms with Crippen LogP contribution in [0.15, 0.2) is 17.6 Å². The summed E-state index contributed by atoms with van der Waals surface area (Å²) in [5.74, 6) is 0.884. The molecule has 0 radical (unpaired) electrons. The average molecular weight is 154 g/mol. The van der Waals surface area contributed by atoms with E-state index in [0.29, 0.717) is 12.1 Å². The zero-order valence-corrected chi connectivity index (χ0v) is 7.89. The summed E-state index contributed by atoms with van der Waals surface area (Å²) < 4.78 is 0. The molecule has 0 atom stereocenters. The zero-order chi connectivity index (χ0) is 8.85. The van der Waals surface area contributed by atoms with Gasteiger partial charge < -0.3 is 5.32 Å². The van der Waals surface area contributed by atoms with E-state index in [1.165, 1.54) is 0 Å². The van der Waals surface area contributed by atoms with E-state index >= 15 is 0 Å². The van der Waals surface area contributed by atoms with Crippen LogP contribution in [0.25, 0.3) is 0 Å². The third-order valence-corrected chi connectivity index (χ3v) is 1.03. The first-order valence-electron chi connectivity index (χ1n) is 4.03. The van der Waals surface area contributed by atoms with E-state index in [2.05, 4.69) is 30.7 Å². The molecular weight excluding hydrogens is 136 g/mol. The predicted octanol–water partition coefficient (Wildman–Crippen LogP) is 1.98. The van der Waals surface area contributed by atoms with Crippen LogP contribution < -0.4 is 5.32 Å². The summed E-state index contributed by atoms with van der Waals surface area (Å²) in [6, 6.07) is 0.750. The fraction of sp³-hybridized carbons (Fsp3) is 0.667. The second-order valence-electron chi connectivity index (χ2n) is 3.11. The van der Waals surface area contributed by atoms with Crippen molar-refractivity contribution in [2.75, 3.05) is 0 Å². The number of hydrogen-bond acceptors (Lipinski definition) is 1. The Labute approximate surface area is 69.4 Å². The molecule has 0 saturated heterocycles. The topological polar surface area (TPSA) is 24.4 Å². The largest absolute Gasteiger partial charge is 0.368 e. The summed E-state index contributed by atoms with van der Waals surface area (Å²) in [5.41, 5.74) is 0. The van der Waals surface area contributed by atoms with Crippen LogP contribution in [-0.4, -0.2) is 17.9 Å². The van der Waals surface area contributed by atoms with Crippen molar-refractivity contribution in [3.63, 3.8) is 0 Å². The van der Waals surface area contributed by atoms with Crippen molar-refractivity contribution >= 4 is 5.84 Å². The normalized spacial score (nSPS) is 12.4. The monoisotopic (exact) mass is 154 g/mol. The van der Waals surface area contributed by atoms with Gasteiger partial charge in [0.1, 0.15) is 5.84 Å². The van der Waals surface area contributed by atoms with E-state index in [0.717, 1.165) is 5.84 Å². The molecule has 2 heteroatoms. The molecule has 0 aliphatic heterocycles. The Morgan fingerprint density at radius 2 is 1.91 bits per heavy atom. The minimum atomic E-state index is 0.328. The van der Waals surface area contributed by atoms with Crippen molar-refractivity contribution in [1.29, 1.82) is 0 Å². The highest BCUT2D eigenvalue weighted by Gasteiger charge is 1.96. The van der Waals surface area contributed by atoms with Crippen LogP contribution in [0.5, 0.6) is 0 Å². The fourth-order valence-corrected chi connectivity index (χ4v) is 0.723. The maximum Gasteiger partial charge on any atom is 0.120 e. The van der Waals surface area contributed by atoms with Crippen LogP contribution in [0.1, 0.15) is 27.7 Å². The lowest BCUT2D eigenvalue weighted by atomic mass is 10.3. The van der Waals surface area contributed by atoms with Crippen LogP contribution in [0.3, 0.4) is 0 Å². The third-order valence-electron chi connectivity index (χ3n) is 1.03. The summed E-state index contributed by atoms with van der Waals surface area (Å²) in [6.45, 7) is 11.9. The minimum absolute atomic E-state index is 0.328. The highest BCUT2D eigenvalue weighted by atomic mass is 15.0. The molecule has 11 heavy (non-hydrogen) atoms. The SMILES string of the molecule is C=C/C(=N/C(C)C)NC(C)C. The van der Waals surface area contributed by atoms with E-state index in [9.17, 15) is 0 Å². The Hall–Kier alpha value is -0.790. The predicted molar refractivity (Wildman–Crippen MR) is 51.0 cm³/mol. The van der Waals surface area contributed by atoms with Crippen molar-refractivity contribution in [2.45, 2.75) is 39.8 Å². The Balaban J connectivity index is 4.05. The molecule has 0 aromatic carbocycles. The van der Waals surface area contributed by atoms with Crippen LogP contribution in [0.4, 0.5) is 0 Å². The Bertz CT molecular complexity index is 146. The van der Waals surface area contributed by atoms with Crippen LogP contribution in [-0.2, 0) is 0 Å². The molecule has 2 nitrogen and oxygen atoms in total. The second kappa shape index (κ2) is 4.94. The van der Waals surface area contributed by atoms with E-state index in [1.54, 1.807) is 6.08 Å². The van der Waals surface area contributed by atoms with E-state index in [4.69, 9.17) is 0 Å². The third kappa shape index (κ3) is 5.64. The first kappa shape index (κ1) is 10.2. The van der Waals surface area contributed by atoms with Gasteiger partial charge in [-0.15, -0.1) is 0 Å². The Morgan fingerprint density at radius 3 is 2.18 bits per heavy atom.